The van der Waals surface area contributed by atoms with Crippen molar-refractivity contribution in [2.45, 2.75) is 77.3 Å². The second kappa shape index (κ2) is 13.6. The average Bonchev–Trinajstić information content (AvgIpc) is 2.98. The normalized spacial score (nSPS) is 25.5. The molecule has 3 aromatic rings. The monoisotopic (exact) mass is 510 g/mol. The summed E-state index contributed by atoms with van der Waals surface area (Å²) in [7, 11) is 0. The van der Waals surface area contributed by atoms with Crippen LogP contribution in [0.15, 0.2) is 84.9 Å². The van der Waals surface area contributed by atoms with Crippen LogP contribution in [0.25, 0.3) is 0 Å². The van der Waals surface area contributed by atoms with E-state index in [0.717, 1.165) is 11.8 Å². The fraction of sp³-hybridized carbons (Fsp3) is 0.500. The molecule has 2 saturated heterocycles. The van der Waals surface area contributed by atoms with Gasteiger partial charge in [-0.2, -0.15) is 0 Å². The number of piperidine rings is 2. The van der Waals surface area contributed by atoms with Crippen molar-refractivity contribution in [1.29, 1.82) is 0 Å². The Morgan fingerprint density at radius 3 is 1.58 bits per heavy atom. The zero-order valence-electron chi connectivity index (χ0n) is 23.9. The lowest BCUT2D eigenvalue weighted by Crippen LogP contribution is -3.12. The number of hydrogen-bond acceptors (Lipinski definition) is 0. The lowest BCUT2D eigenvalue weighted by molar-refractivity contribution is -0.923. The number of likely N-dealkylation sites (tertiary alicyclic amines) is 2. The molecule has 5 rings (SSSR count). The minimum atomic E-state index is 0.596. The average molecular weight is 511 g/mol. The van der Waals surface area contributed by atoms with Gasteiger partial charge in [0.1, 0.15) is 13.1 Å². The first kappa shape index (κ1) is 27.2. The Labute approximate surface area is 232 Å². The van der Waals surface area contributed by atoms with Gasteiger partial charge in [-0.05, 0) is 73.3 Å². The van der Waals surface area contributed by atoms with E-state index in [-0.39, 0.29) is 0 Å². The summed E-state index contributed by atoms with van der Waals surface area (Å²) in [6.45, 7) is 12.6. The predicted molar refractivity (Wildman–Crippen MR) is 160 cm³/mol. The zero-order chi connectivity index (χ0) is 26.2. The van der Waals surface area contributed by atoms with Gasteiger partial charge in [-0.1, -0.05) is 98.8 Å². The molecular weight excluding hydrogens is 460 g/mol. The van der Waals surface area contributed by atoms with Crippen LogP contribution in [0.5, 0.6) is 0 Å². The Bertz CT molecular complexity index is 1060. The van der Waals surface area contributed by atoms with Crippen LogP contribution < -0.4 is 9.80 Å². The summed E-state index contributed by atoms with van der Waals surface area (Å²) >= 11 is 0. The molecule has 2 heterocycles. The Morgan fingerprint density at radius 1 is 0.605 bits per heavy atom. The highest BCUT2D eigenvalue weighted by molar-refractivity contribution is 5.26. The summed E-state index contributed by atoms with van der Waals surface area (Å²) in [6, 6.07) is 31.8. The van der Waals surface area contributed by atoms with E-state index in [4.69, 9.17) is 0 Å². The molecule has 2 unspecified atom stereocenters. The maximum atomic E-state index is 2.42. The van der Waals surface area contributed by atoms with Gasteiger partial charge in [-0.3, -0.25) is 0 Å². The first-order chi connectivity index (χ1) is 18.7. The Hall–Kier alpha value is -2.42. The van der Waals surface area contributed by atoms with E-state index in [1.165, 1.54) is 100 Å². The summed E-state index contributed by atoms with van der Waals surface area (Å²) in [5.74, 6) is 3.18. The molecule has 2 N–H and O–H groups in total. The van der Waals surface area contributed by atoms with Crippen molar-refractivity contribution in [2.75, 3.05) is 26.2 Å². The van der Waals surface area contributed by atoms with E-state index in [9.17, 15) is 0 Å². The molecule has 0 bridgehead atoms. The number of hydrogen-bond donors (Lipinski definition) is 2. The third kappa shape index (κ3) is 7.36. The van der Waals surface area contributed by atoms with E-state index >= 15 is 0 Å². The van der Waals surface area contributed by atoms with Crippen LogP contribution in [0.1, 0.15) is 86.5 Å². The van der Waals surface area contributed by atoms with Crippen molar-refractivity contribution >= 4 is 0 Å². The number of nitrogens with one attached hydrogen (secondary N) is 2. The van der Waals surface area contributed by atoms with Crippen molar-refractivity contribution in [3.05, 3.63) is 107 Å². The molecular formula is C36H50N2+2. The van der Waals surface area contributed by atoms with Gasteiger partial charge in [0.25, 0.3) is 0 Å². The summed E-state index contributed by atoms with van der Waals surface area (Å²) in [6.07, 6.45) is 8.17. The third-order valence-electron chi connectivity index (χ3n) is 9.84. The Morgan fingerprint density at radius 2 is 1.08 bits per heavy atom. The van der Waals surface area contributed by atoms with Crippen molar-refractivity contribution in [1.82, 2.24) is 0 Å². The first-order valence-corrected chi connectivity index (χ1v) is 15.5. The van der Waals surface area contributed by atoms with Gasteiger partial charge >= 0.3 is 0 Å². The maximum Gasteiger partial charge on any atom is 0.103 e. The Balaban J connectivity index is 1.04. The van der Waals surface area contributed by atoms with E-state index in [2.05, 4.69) is 98.8 Å². The van der Waals surface area contributed by atoms with Gasteiger partial charge in [0.05, 0.1) is 26.2 Å². The summed E-state index contributed by atoms with van der Waals surface area (Å²) in [4.78, 5) is 3.59. The van der Waals surface area contributed by atoms with E-state index < -0.39 is 0 Å². The quantitative estimate of drug-likeness (QED) is 0.348. The topological polar surface area (TPSA) is 8.88 Å². The molecule has 2 fully saturated rings. The maximum absolute atomic E-state index is 2.42. The summed E-state index contributed by atoms with van der Waals surface area (Å²) < 4.78 is 0. The lowest BCUT2D eigenvalue weighted by Gasteiger charge is -2.37. The highest BCUT2D eigenvalue weighted by Crippen LogP contribution is 2.32. The van der Waals surface area contributed by atoms with Gasteiger partial charge in [0, 0.05) is 11.1 Å². The van der Waals surface area contributed by atoms with E-state index in [1.807, 2.05) is 0 Å². The molecule has 38 heavy (non-hydrogen) atoms. The molecule has 0 spiro atoms. The molecule has 2 nitrogen and oxygen atoms in total. The van der Waals surface area contributed by atoms with E-state index in [0.29, 0.717) is 11.8 Å². The van der Waals surface area contributed by atoms with Crippen molar-refractivity contribution in [3.63, 3.8) is 0 Å². The van der Waals surface area contributed by atoms with Gasteiger partial charge in [-0.15, -0.1) is 0 Å². The number of rotatable bonds is 10. The minimum Gasteiger partial charge on any atom is -0.331 e. The van der Waals surface area contributed by atoms with Crippen LogP contribution >= 0.6 is 0 Å². The molecule has 0 radical (unpaired) electrons. The molecule has 2 heteroatoms. The fourth-order valence-electron chi connectivity index (χ4n) is 7.36. The molecule has 0 aliphatic carbocycles. The molecule has 202 valence electrons. The van der Waals surface area contributed by atoms with Crippen molar-refractivity contribution in [2.24, 2.45) is 11.8 Å². The molecule has 2 atom stereocenters. The van der Waals surface area contributed by atoms with Gasteiger partial charge in [-0.25, -0.2) is 0 Å². The van der Waals surface area contributed by atoms with Crippen molar-refractivity contribution < 1.29 is 9.80 Å². The summed E-state index contributed by atoms with van der Waals surface area (Å²) in [5, 5.41) is 0. The van der Waals surface area contributed by atoms with E-state index in [1.54, 1.807) is 9.80 Å². The largest absolute Gasteiger partial charge is 0.331 e. The van der Waals surface area contributed by atoms with Gasteiger partial charge < -0.3 is 9.80 Å². The smallest absolute Gasteiger partial charge is 0.103 e. The van der Waals surface area contributed by atoms with Crippen LogP contribution in [-0.4, -0.2) is 26.2 Å². The highest BCUT2D eigenvalue weighted by Gasteiger charge is 2.32. The molecule has 3 aromatic carbocycles. The number of quaternary nitrogens is 2. The zero-order valence-corrected chi connectivity index (χ0v) is 23.9. The van der Waals surface area contributed by atoms with Crippen LogP contribution in [0, 0.1) is 11.8 Å². The molecule has 2 aliphatic rings. The van der Waals surface area contributed by atoms with Gasteiger partial charge in [0.15, 0.2) is 0 Å². The third-order valence-corrected chi connectivity index (χ3v) is 9.84. The Kier molecular flexibility index (Phi) is 9.71. The molecule has 0 aromatic heterocycles. The lowest BCUT2D eigenvalue weighted by atomic mass is 9.78. The first-order valence-electron chi connectivity index (χ1n) is 15.5. The molecule has 0 saturated carbocycles. The van der Waals surface area contributed by atoms with Crippen molar-refractivity contribution in [3.8, 4) is 0 Å². The fourth-order valence-corrected chi connectivity index (χ4v) is 7.36. The highest BCUT2D eigenvalue weighted by atomic mass is 15.1. The minimum absolute atomic E-state index is 0.596. The van der Waals surface area contributed by atoms with Crippen LogP contribution in [-0.2, 0) is 13.1 Å². The molecule has 0 amide bonds. The molecule has 2 aliphatic heterocycles. The second-order valence-corrected chi connectivity index (χ2v) is 12.4. The summed E-state index contributed by atoms with van der Waals surface area (Å²) in [5.41, 5.74) is 6.00. The standard InChI is InChI=1S/C36H48N2/c1-3-32(34-12-8-5-9-13-34)26-29(2)33-16-14-31(15-17-33)28-38-24-20-36(21-25-38)35-18-22-37(23-19-35)27-30-10-6-4-7-11-30/h4-17,29,32,35-36H,3,18-28H2,1-2H3/p+2. The predicted octanol–water partition coefficient (Wildman–Crippen LogP) is 5.66. The van der Waals surface area contributed by atoms with Crippen LogP contribution in [0.3, 0.4) is 0 Å². The SMILES string of the molecule is CCC(CC(C)c1ccc(C[NH+]2CCC(C3CC[NH+](Cc4ccccc4)CC3)CC2)cc1)c1ccccc1. The number of benzene rings is 3. The van der Waals surface area contributed by atoms with Gasteiger partial charge in [0.2, 0.25) is 0 Å². The van der Waals surface area contributed by atoms with Crippen LogP contribution in [0.4, 0.5) is 0 Å². The van der Waals surface area contributed by atoms with Crippen LogP contribution in [0.2, 0.25) is 0 Å². The second-order valence-electron chi connectivity index (χ2n) is 12.4.